The Hall–Kier alpha value is -1.54. The van der Waals surface area contributed by atoms with Gasteiger partial charge in [-0.25, -0.2) is 14.8 Å². The molecule has 180 valence electrons. The third-order valence-electron chi connectivity index (χ3n) is 4.46. The van der Waals surface area contributed by atoms with Crippen molar-refractivity contribution in [3.8, 4) is 0 Å². The Morgan fingerprint density at radius 2 is 1.53 bits per heavy atom. The number of carbonyl (C=O) groups is 2. The molecule has 0 amide bonds. The fourth-order valence-electron chi connectivity index (χ4n) is 2.56. The van der Waals surface area contributed by atoms with Crippen LogP contribution < -0.4 is 0 Å². The van der Waals surface area contributed by atoms with E-state index in [9.17, 15) is 9.59 Å². The average molecular weight is 483 g/mol. The van der Waals surface area contributed by atoms with Gasteiger partial charge in [0.25, 0.3) is 0 Å². The van der Waals surface area contributed by atoms with E-state index < -0.39 is 0 Å². The number of carbonyl (C=O) groups excluding carboxylic acids is 2. The normalized spacial score (nSPS) is 10.9. The maximum Gasteiger partial charge on any atom is 0.333 e. The van der Waals surface area contributed by atoms with E-state index in [0.29, 0.717) is 18.8 Å². The van der Waals surface area contributed by atoms with Crippen LogP contribution in [0.1, 0.15) is 72.1 Å². The summed E-state index contributed by atoms with van der Waals surface area (Å²) in [5.74, 6) is 1.55. The molecule has 0 atom stereocenters. The van der Waals surface area contributed by atoms with Crippen LogP contribution in [-0.4, -0.2) is 46.6 Å². The van der Waals surface area contributed by atoms with Crippen molar-refractivity contribution in [3.05, 3.63) is 24.4 Å². The van der Waals surface area contributed by atoms with E-state index in [1.54, 1.807) is 30.4 Å². The zero-order chi connectivity index (χ0) is 23.6. The van der Waals surface area contributed by atoms with Gasteiger partial charge >= 0.3 is 11.9 Å². The van der Waals surface area contributed by atoms with E-state index in [1.807, 2.05) is 26.1 Å². The lowest BCUT2D eigenvalue weighted by molar-refractivity contribution is -0.147. The van der Waals surface area contributed by atoms with Crippen molar-refractivity contribution in [1.29, 1.82) is 0 Å². The molecule has 0 aliphatic heterocycles. The first-order chi connectivity index (χ1) is 15.4. The van der Waals surface area contributed by atoms with E-state index in [0.717, 1.165) is 73.1 Å². The van der Waals surface area contributed by atoms with Gasteiger partial charge in [-0.05, 0) is 44.4 Å². The zero-order valence-corrected chi connectivity index (χ0v) is 21.4. The first kappa shape index (κ1) is 28.5. The Labute approximate surface area is 201 Å². The van der Waals surface area contributed by atoms with Gasteiger partial charge in [0.2, 0.25) is 0 Å². The fraction of sp³-hybridized carbons (Fsp3) is 0.667. The number of nitrogens with zero attached hydrogens (tertiary/aromatic N) is 2. The summed E-state index contributed by atoms with van der Waals surface area (Å²) in [5.41, 5.74) is 0.449. The fourth-order valence-corrected chi connectivity index (χ4v) is 4.31. The molecule has 0 fully saturated rings. The second-order valence-corrected chi connectivity index (χ2v) is 10.1. The van der Waals surface area contributed by atoms with Crippen LogP contribution in [-0.2, 0) is 19.1 Å². The minimum absolute atomic E-state index is 0.0506. The Bertz CT molecular complexity index is 698. The van der Waals surface area contributed by atoms with Gasteiger partial charge in [0.1, 0.15) is 5.03 Å². The lowest BCUT2D eigenvalue weighted by atomic mass is 10.2. The largest absolute Gasteiger partial charge is 0.465 e. The first-order valence-electron chi connectivity index (χ1n) is 11.5. The predicted molar refractivity (Wildman–Crippen MR) is 132 cm³/mol. The van der Waals surface area contributed by atoms with Gasteiger partial charge in [-0.15, -0.1) is 11.8 Å². The Morgan fingerprint density at radius 1 is 0.938 bits per heavy atom. The molecule has 0 aliphatic carbocycles. The molecular formula is C24H38N2O4S2. The van der Waals surface area contributed by atoms with Gasteiger partial charge in [-0.3, -0.25) is 4.79 Å². The van der Waals surface area contributed by atoms with E-state index in [2.05, 4.69) is 16.5 Å². The van der Waals surface area contributed by atoms with Crippen molar-refractivity contribution in [2.24, 2.45) is 5.92 Å². The summed E-state index contributed by atoms with van der Waals surface area (Å²) in [4.78, 5) is 31.7. The molecule has 32 heavy (non-hydrogen) atoms. The van der Waals surface area contributed by atoms with E-state index in [1.165, 1.54) is 0 Å². The minimum atomic E-state index is -0.303. The van der Waals surface area contributed by atoms with Gasteiger partial charge in [0, 0.05) is 17.5 Å². The molecule has 0 aliphatic rings. The lowest BCUT2D eigenvalue weighted by Crippen LogP contribution is -2.12. The SMILES string of the molecule is C=C(C)C(=O)OCCCCCCSc1ccnc(SCCCCCCOC(=O)C(C)C)n1. The molecule has 0 radical (unpaired) electrons. The van der Waals surface area contributed by atoms with Crippen LogP contribution in [0.3, 0.4) is 0 Å². The van der Waals surface area contributed by atoms with Crippen molar-refractivity contribution in [3.63, 3.8) is 0 Å². The van der Waals surface area contributed by atoms with Gasteiger partial charge < -0.3 is 9.47 Å². The summed E-state index contributed by atoms with van der Waals surface area (Å²) >= 11 is 3.46. The van der Waals surface area contributed by atoms with Gasteiger partial charge in [0.05, 0.1) is 19.1 Å². The molecule has 1 rings (SSSR count). The van der Waals surface area contributed by atoms with Gasteiger partial charge in [-0.1, -0.05) is 57.9 Å². The Kier molecular flexibility index (Phi) is 16.0. The standard InChI is InChI=1S/C24H38N2O4S2/c1-19(2)22(27)29-15-9-5-7-11-17-31-21-13-14-25-24(26-21)32-18-12-8-6-10-16-30-23(28)20(3)4/h13-14,20H,1,5-12,15-18H2,2-4H3. The molecule has 0 aromatic carbocycles. The lowest BCUT2D eigenvalue weighted by Gasteiger charge is -2.07. The van der Waals surface area contributed by atoms with Crippen LogP contribution in [0.15, 0.2) is 34.6 Å². The summed E-state index contributed by atoms with van der Waals surface area (Å²) in [5, 5.41) is 1.85. The molecule has 1 aromatic heterocycles. The van der Waals surface area contributed by atoms with Gasteiger partial charge in [0.15, 0.2) is 5.16 Å². The molecule has 0 saturated carbocycles. The van der Waals surface area contributed by atoms with E-state index >= 15 is 0 Å². The third kappa shape index (κ3) is 14.5. The average Bonchev–Trinajstić information content (AvgIpc) is 2.77. The minimum Gasteiger partial charge on any atom is -0.465 e. The topological polar surface area (TPSA) is 78.4 Å². The maximum absolute atomic E-state index is 11.4. The van der Waals surface area contributed by atoms with Crippen LogP contribution >= 0.6 is 23.5 Å². The number of rotatable bonds is 18. The second kappa shape index (κ2) is 18.0. The van der Waals surface area contributed by atoms with Crippen molar-refractivity contribution >= 4 is 35.5 Å². The summed E-state index contributed by atoms with van der Waals surface area (Å²) in [7, 11) is 0. The molecular weight excluding hydrogens is 444 g/mol. The van der Waals surface area contributed by atoms with Crippen LogP contribution in [0.25, 0.3) is 0 Å². The number of ether oxygens (including phenoxy) is 2. The smallest absolute Gasteiger partial charge is 0.333 e. The molecule has 0 unspecified atom stereocenters. The number of thioether (sulfide) groups is 2. The highest BCUT2D eigenvalue weighted by Crippen LogP contribution is 2.21. The summed E-state index contributed by atoms with van der Waals surface area (Å²) < 4.78 is 10.3. The summed E-state index contributed by atoms with van der Waals surface area (Å²) in [6.45, 7) is 9.93. The molecule has 0 saturated heterocycles. The monoisotopic (exact) mass is 482 g/mol. The predicted octanol–water partition coefficient (Wildman–Crippen LogP) is 6.10. The highest BCUT2D eigenvalue weighted by molar-refractivity contribution is 7.99. The second-order valence-electron chi connectivity index (χ2n) is 7.94. The Morgan fingerprint density at radius 3 is 2.16 bits per heavy atom. The highest BCUT2D eigenvalue weighted by atomic mass is 32.2. The van der Waals surface area contributed by atoms with Crippen molar-refractivity contribution in [1.82, 2.24) is 9.97 Å². The van der Waals surface area contributed by atoms with Crippen LogP contribution in [0.4, 0.5) is 0 Å². The van der Waals surface area contributed by atoms with Crippen LogP contribution in [0.5, 0.6) is 0 Å². The Balaban J connectivity index is 2.04. The van der Waals surface area contributed by atoms with Crippen LogP contribution in [0.2, 0.25) is 0 Å². The van der Waals surface area contributed by atoms with E-state index in [4.69, 9.17) is 9.47 Å². The highest BCUT2D eigenvalue weighted by Gasteiger charge is 2.07. The van der Waals surface area contributed by atoms with Gasteiger partial charge in [-0.2, -0.15) is 0 Å². The zero-order valence-electron chi connectivity index (χ0n) is 19.8. The molecule has 0 N–H and O–H groups in total. The number of hydrogen-bond donors (Lipinski definition) is 0. The molecule has 0 spiro atoms. The number of esters is 2. The number of hydrogen-bond acceptors (Lipinski definition) is 8. The van der Waals surface area contributed by atoms with Crippen molar-refractivity contribution in [2.45, 2.75) is 82.3 Å². The molecule has 1 aromatic rings. The van der Waals surface area contributed by atoms with Crippen molar-refractivity contribution in [2.75, 3.05) is 24.7 Å². The first-order valence-corrected chi connectivity index (χ1v) is 13.4. The van der Waals surface area contributed by atoms with E-state index in [-0.39, 0.29) is 17.9 Å². The van der Waals surface area contributed by atoms with Crippen molar-refractivity contribution < 1.29 is 19.1 Å². The number of aromatic nitrogens is 2. The quantitative estimate of drug-likeness (QED) is 0.0620. The molecule has 8 heteroatoms. The van der Waals surface area contributed by atoms with Crippen LogP contribution in [0, 0.1) is 5.92 Å². The summed E-state index contributed by atoms with van der Waals surface area (Å²) in [6, 6.07) is 1.96. The molecule has 0 bridgehead atoms. The number of unbranched alkanes of at least 4 members (excludes halogenated alkanes) is 6. The summed E-state index contributed by atoms with van der Waals surface area (Å²) in [6.07, 6.45) is 10.2. The third-order valence-corrected chi connectivity index (χ3v) is 6.43. The maximum atomic E-state index is 11.4. The molecule has 1 heterocycles. The molecule has 6 nitrogen and oxygen atoms in total.